The van der Waals surface area contributed by atoms with Crippen molar-refractivity contribution < 1.29 is 28.8 Å². The molecule has 0 N–H and O–H groups in total. The van der Waals surface area contributed by atoms with Crippen LogP contribution in [0.15, 0.2) is 16.9 Å². The number of ether oxygens (including phenoxy) is 1. The lowest BCUT2D eigenvalue weighted by molar-refractivity contribution is -0.173. The second-order valence-electron chi connectivity index (χ2n) is 5.03. The molecule has 0 spiro atoms. The Kier molecular flexibility index (Phi) is 5.56. The maximum absolute atomic E-state index is 12.2. The van der Waals surface area contributed by atoms with Crippen LogP contribution < -0.4 is 15.1 Å². The first kappa shape index (κ1) is 17.5. The maximum Gasteiger partial charge on any atom is 0.383 e. The standard InChI is InChI=1S/C15H18N2O7/c1-3-4-9-23-16-10(5-6-11(22-2)14(16)20)15(21)24-17-12(18)7-8-13(17)19/h5-6H,3-4,7-9H2,1-2H3. The highest BCUT2D eigenvalue weighted by molar-refractivity contribution is 6.02. The van der Waals surface area contributed by atoms with Crippen LogP contribution in [0.25, 0.3) is 0 Å². The largest absolute Gasteiger partial charge is 0.491 e. The first-order valence-electron chi connectivity index (χ1n) is 7.51. The molecule has 1 saturated heterocycles. The molecule has 9 heteroatoms. The zero-order valence-electron chi connectivity index (χ0n) is 13.4. The van der Waals surface area contributed by atoms with Gasteiger partial charge in [-0.3, -0.25) is 14.4 Å². The molecule has 9 nitrogen and oxygen atoms in total. The first-order chi connectivity index (χ1) is 11.5. The Morgan fingerprint density at radius 1 is 1.17 bits per heavy atom. The molecule has 0 bridgehead atoms. The molecule has 1 aromatic rings. The smallest absolute Gasteiger partial charge is 0.383 e. The Morgan fingerprint density at radius 2 is 1.83 bits per heavy atom. The van der Waals surface area contributed by atoms with Gasteiger partial charge in [0.05, 0.1) is 7.11 Å². The molecule has 0 saturated carbocycles. The molecule has 0 unspecified atom stereocenters. The van der Waals surface area contributed by atoms with Gasteiger partial charge in [-0.1, -0.05) is 13.3 Å². The first-order valence-corrected chi connectivity index (χ1v) is 7.51. The van der Waals surface area contributed by atoms with Gasteiger partial charge in [-0.05, 0) is 18.6 Å². The number of unbranched alkanes of at least 4 members (excludes halogenated alkanes) is 1. The van der Waals surface area contributed by atoms with Crippen molar-refractivity contribution in [3.63, 3.8) is 0 Å². The van der Waals surface area contributed by atoms with E-state index in [1.165, 1.54) is 19.2 Å². The predicted octanol–water partition coefficient (Wildman–Crippen LogP) is 0.306. The highest BCUT2D eigenvalue weighted by Gasteiger charge is 2.34. The monoisotopic (exact) mass is 338 g/mol. The van der Waals surface area contributed by atoms with Crippen molar-refractivity contribution in [3.8, 4) is 5.75 Å². The van der Waals surface area contributed by atoms with E-state index in [4.69, 9.17) is 14.4 Å². The number of pyridine rings is 1. The van der Waals surface area contributed by atoms with Gasteiger partial charge >= 0.3 is 11.5 Å². The summed E-state index contributed by atoms with van der Waals surface area (Å²) in [6.07, 6.45) is 1.46. The number of carbonyl (C=O) groups is 3. The van der Waals surface area contributed by atoms with Crippen molar-refractivity contribution in [1.82, 2.24) is 9.79 Å². The molecule has 1 fully saturated rings. The van der Waals surface area contributed by atoms with E-state index in [1.54, 1.807) is 0 Å². The zero-order valence-corrected chi connectivity index (χ0v) is 13.4. The molecule has 0 aromatic carbocycles. The van der Waals surface area contributed by atoms with Crippen LogP contribution in [0.3, 0.4) is 0 Å². The van der Waals surface area contributed by atoms with Crippen molar-refractivity contribution in [2.24, 2.45) is 0 Å². The molecule has 0 atom stereocenters. The molecule has 0 aliphatic carbocycles. The van der Waals surface area contributed by atoms with E-state index in [1.807, 2.05) is 6.92 Å². The summed E-state index contributed by atoms with van der Waals surface area (Å²) >= 11 is 0. The minimum Gasteiger partial charge on any atom is -0.491 e. The number of carbonyl (C=O) groups excluding carboxylic acids is 3. The number of hydroxylamine groups is 2. The van der Waals surface area contributed by atoms with Crippen molar-refractivity contribution in [2.45, 2.75) is 32.6 Å². The van der Waals surface area contributed by atoms with Crippen LogP contribution >= 0.6 is 0 Å². The van der Waals surface area contributed by atoms with Crippen molar-refractivity contribution in [1.29, 1.82) is 0 Å². The van der Waals surface area contributed by atoms with E-state index >= 15 is 0 Å². The van der Waals surface area contributed by atoms with Crippen LogP contribution in [0.1, 0.15) is 43.1 Å². The lowest BCUT2D eigenvalue weighted by atomic mass is 10.3. The summed E-state index contributed by atoms with van der Waals surface area (Å²) in [6.45, 7) is 2.14. The Hall–Kier alpha value is -2.84. The maximum atomic E-state index is 12.2. The van der Waals surface area contributed by atoms with Gasteiger partial charge in [-0.2, -0.15) is 0 Å². The summed E-state index contributed by atoms with van der Waals surface area (Å²) in [4.78, 5) is 57.7. The Morgan fingerprint density at radius 3 is 2.42 bits per heavy atom. The highest BCUT2D eigenvalue weighted by atomic mass is 16.7. The molecule has 2 heterocycles. The number of rotatable bonds is 7. The number of imide groups is 1. The van der Waals surface area contributed by atoms with Gasteiger partial charge < -0.3 is 14.4 Å². The Labute approximate surface area is 137 Å². The lowest BCUT2D eigenvalue weighted by Gasteiger charge is -2.16. The van der Waals surface area contributed by atoms with Crippen molar-refractivity contribution >= 4 is 17.8 Å². The summed E-state index contributed by atoms with van der Waals surface area (Å²) in [5.74, 6) is -2.28. The minimum absolute atomic E-state index is 0.0172. The normalized spacial score (nSPS) is 14.0. The number of nitrogens with zero attached hydrogens (tertiary/aromatic N) is 2. The summed E-state index contributed by atoms with van der Waals surface area (Å²) in [6, 6.07) is 2.55. The summed E-state index contributed by atoms with van der Waals surface area (Å²) in [5.41, 5.74) is -0.925. The number of hydrogen-bond acceptors (Lipinski definition) is 7. The fourth-order valence-corrected chi connectivity index (χ4v) is 2.03. The van der Waals surface area contributed by atoms with Crippen LogP contribution in [-0.4, -0.2) is 41.3 Å². The predicted molar refractivity (Wildman–Crippen MR) is 80.1 cm³/mol. The van der Waals surface area contributed by atoms with E-state index < -0.39 is 23.3 Å². The highest BCUT2D eigenvalue weighted by Crippen LogP contribution is 2.14. The number of aromatic nitrogens is 1. The summed E-state index contributed by atoms with van der Waals surface area (Å²) in [5, 5.41) is 0.410. The molecule has 2 amide bonds. The van der Waals surface area contributed by atoms with Crippen LogP contribution in [-0.2, 0) is 14.4 Å². The summed E-state index contributed by atoms with van der Waals surface area (Å²) in [7, 11) is 1.31. The van der Waals surface area contributed by atoms with Gasteiger partial charge in [0.1, 0.15) is 6.61 Å². The second kappa shape index (κ2) is 7.62. The SMILES string of the molecule is CCCCOn1c(C(=O)ON2C(=O)CCC2=O)ccc(OC)c1=O. The number of amides is 2. The van der Waals surface area contributed by atoms with E-state index in [0.717, 1.165) is 11.2 Å². The third kappa shape index (κ3) is 3.55. The van der Waals surface area contributed by atoms with Crippen molar-refractivity contribution in [2.75, 3.05) is 13.7 Å². The molecule has 1 aromatic heterocycles. The van der Waals surface area contributed by atoms with Gasteiger partial charge in [0.25, 0.3) is 11.8 Å². The second-order valence-corrected chi connectivity index (χ2v) is 5.03. The molecule has 130 valence electrons. The van der Waals surface area contributed by atoms with Crippen LogP contribution in [0.5, 0.6) is 5.75 Å². The molecule has 2 rings (SSSR count). The summed E-state index contributed by atoms with van der Waals surface area (Å²) < 4.78 is 5.66. The fraction of sp³-hybridized carbons (Fsp3) is 0.467. The van der Waals surface area contributed by atoms with Gasteiger partial charge in [0, 0.05) is 12.8 Å². The quantitative estimate of drug-likeness (QED) is 0.520. The van der Waals surface area contributed by atoms with E-state index in [9.17, 15) is 19.2 Å². The number of methoxy groups -OCH3 is 1. The van der Waals surface area contributed by atoms with Crippen LogP contribution in [0.2, 0.25) is 0 Å². The van der Waals surface area contributed by atoms with Crippen molar-refractivity contribution in [3.05, 3.63) is 28.2 Å². The minimum atomic E-state index is -1.05. The number of hydrogen-bond donors (Lipinski definition) is 0. The average Bonchev–Trinajstić information content (AvgIpc) is 2.88. The topological polar surface area (TPSA) is 104 Å². The van der Waals surface area contributed by atoms with Gasteiger partial charge in [0.2, 0.25) is 0 Å². The Balaban J connectivity index is 2.28. The third-order valence-electron chi connectivity index (χ3n) is 3.33. The van der Waals surface area contributed by atoms with Crippen LogP contribution in [0.4, 0.5) is 0 Å². The zero-order chi connectivity index (χ0) is 17.7. The van der Waals surface area contributed by atoms with Gasteiger partial charge in [0.15, 0.2) is 11.4 Å². The molecule has 24 heavy (non-hydrogen) atoms. The molecular weight excluding hydrogens is 320 g/mol. The third-order valence-corrected chi connectivity index (χ3v) is 3.33. The molecule has 1 aliphatic rings. The molecule has 0 radical (unpaired) electrons. The Bertz CT molecular complexity index is 694. The van der Waals surface area contributed by atoms with E-state index in [0.29, 0.717) is 11.5 Å². The average molecular weight is 338 g/mol. The molecular formula is C15H18N2O7. The van der Waals surface area contributed by atoms with Gasteiger partial charge in [-0.15, -0.1) is 9.79 Å². The van der Waals surface area contributed by atoms with E-state index in [2.05, 4.69) is 0 Å². The van der Waals surface area contributed by atoms with Gasteiger partial charge in [-0.25, -0.2) is 4.79 Å². The van der Waals surface area contributed by atoms with Crippen LogP contribution in [0, 0.1) is 0 Å². The fourth-order valence-electron chi connectivity index (χ4n) is 2.03. The lowest BCUT2D eigenvalue weighted by Crippen LogP contribution is -2.37. The van der Waals surface area contributed by atoms with E-state index in [-0.39, 0.29) is 30.9 Å². The molecule has 1 aliphatic heterocycles.